The predicted molar refractivity (Wildman–Crippen MR) is 112 cm³/mol. The van der Waals surface area contributed by atoms with Crippen molar-refractivity contribution in [1.29, 1.82) is 0 Å². The number of hydrogen-bond donors (Lipinski definition) is 1. The van der Waals surface area contributed by atoms with Crippen LogP contribution in [0.1, 0.15) is 34.3 Å². The van der Waals surface area contributed by atoms with Crippen molar-refractivity contribution in [2.45, 2.75) is 19.1 Å². The number of fused-ring (bicyclic) bond motifs is 3. The van der Waals surface area contributed by atoms with Crippen LogP contribution in [-0.2, 0) is 0 Å². The first-order chi connectivity index (χ1) is 14.4. The zero-order valence-electron chi connectivity index (χ0n) is 15.3. The topological polar surface area (TPSA) is 90.7 Å². The first kappa shape index (κ1) is 19.4. The number of pyridine rings is 1. The van der Waals surface area contributed by atoms with E-state index < -0.39 is 17.6 Å². The molecule has 30 heavy (non-hydrogen) atoms. The average molecular weight is 465 g/mol. The molecule has 1 aliphatic heterocycles. The largest absolute Gasteiger partial charge is 0.492 e. The van der Waals surface area contributed by atoms with Crippen LogP contribution in [-0.4, -0.2) is 27.2 Å². The van der Waals surface area contributed by atoms with Gasteiger partial charge in [-0.2, -0.15) is 0 Å². The van der Waals surface area contributed by atoms with Crippen molar-refractivity contribution in [3.05, 3.63) is 60.7 Å². The zero-order valence-corrected chi connectivity index (χ0v) is 17.6. The van der Waals surface area contributed by atoms with Gasteiger partial charge in [-0.05, 0) is 24.8 Å². The van der Waals surface area contributed by atoms with Gasteiger partial charge in [0.15, 0.2) is 5.43 Å². The van der Waals surface area contributed by atoms with Crippen LogP contribution in [0.5, 0.6) is 11.5 Å². The van der Waals surface area contributed by atoms with Gasteiger partial charge in [0.25, 0.3) is 0 Å². The lowest BCUT2D eigenvalue weighted by Gasteiger charge is -2.31. The average Bonchev–Trinajstić information content (AvgIpc) is 3.44. The molecule has 2 aliphatic rings. The van der Waals surface area contributed by atoms with Gasteiger partial charge in [-0.25, -0.2) is 9.78 Å². The number of benzene rings is 1. The van der Waals surface area contributed by atoms with Crippen molar-refractivity contribution < 1.29 is 19.4 Å². The van der Waals surface area contributed by atoms with Gasteiger partial charge in [-0.3, -0.25) is 4.79 Å². The number of rotatable bonds is 5. The summed E-state index contributed by atoms with van der Waals surface area (Å²) in [6, 6.07) is 4.63. The molecule has 0 radical (unpaired) electrons. The second-order valence-corrected chi connectivity index (χ2v) is 8.81. The van der Waals surface area contributed by atoms with Crippen LogP contribution in [0.3, 0.4) is 0 Å². The Morgan fingerprint density at radius 2 is 2.13 bits per heavy atom. The number of ether oxygens (including phenoxy) is 2. The Bertz CT molecular complexity index is 1230. The van der Waals surface area contributed by atoms with E-state index in [9.17, 15) is 14.7 Å². The maximum absolute atomic E-state index is 12.4. The summed E-state index contributed by atoms with van der Waals surface area (Å²) in [4.78, 5) is 28.6. The SMILES string of the molecule is O=C(O)c1cn2c(cc1=O)-c1cc(Cl)c(OCC3CC3)cc1O[C@H]2c1scnc1Cl. The molecule has 0 bridgehead atoms. The molecule has 1 aliphatic carbocycles. The molecule has 3 heterocycles. The Balaban J connectivity index is 1.68. The van der Waals surface area contributed by atoms with Gasteiger partial charge in [-0.15, -0.1) is 11.3 Å². The van der Waals surface area contributed by atoms with Crippen LogP contribution >= 0.6 is 34.5 Å². The summed E-state index contributed by atoms with van der Waals surface area (Å²) < 4.78 is 13.6. The minimum Gasteiger partial charge on any atom is -0.492 e. The van der Waals surface area contributed by atoms with Crippen molar-refractivity contribution >= 4 is 40.5 Å². The third-order valence-corrected chi connectivity index (χ3v) is 6.62. The highest BCUT2D eigenvalue weighted by Gasteiger charge is 2.32. The van der Waals surface area contributed by atoms with E-state index in [4.69, 9.17) is 32.7 Å². The van der Waals surface area contributed by atoms with Crippen LogP contribution in [0.2, 0.25) is 10.2 Å². The van der Waals surface area contributed by atoms with E-state index in [2.05, 4.69) is 4.98 Å². The summed E-state index contributed by atoms with van der Waals surface area (Å²) >= 11 is 13.9. The molecule has 1 fully saturated rings. The normalized spacial score (nSPS) is 17.1. The van der Waals surface area contributed by atoms with E-state index in [0.717, 1.165) is 12.8 Å². The van der Waals surface area contributed by atoms with Crippen LogP contribution in [0.25, 0.3) is 11.3 Å². The molecule has 0 saturated heterocycles. The third-order valence-electron chi connectivity index (χ3n) is 5.06. The first-order valence-corrected chi connectivity index (χ1v) is 10.8. The number of halogens is 2. The fourth-order valence-electron chi connectivity index (χ4n) is 3.31. The van der Waals surface area contributed by atoms with E-state index >= 15 is 0 Å². The van der Waals surface area contributed by atoms with Crippen molar-refractivity contribution in [3.8, 4) is 22.8 Å². The van der Waals surface area contributed by atoms with Crippen LogP contribution < -0.4 is 14.9 Å². The lowest BCUT2D eigenvalue weighted by molar-refractivity contribution is 0.0693. The number of thiazole rings is 1. The Morgan fingerprint density at radius 1 is 1.33 bits per heavy atom. The van der Waals surface area contributed by atoms with Gasteiger partial charge in [0.1, 0.15) is 27.1 Å². The second kappa shape index (κ2) is 7.30. The monoisotopic (exact) mass is 464 g/mol. The molecular weight excluding hydrogens is 451 g/mol. The summed E-state index contributed by atoms with van der Waals surface area (Å²) in [5, 5.41) is 10.0. The highest BCUT2D eigenvalue weighted by atomic mass is 35.5. The molecule has 0 amide bonds. The van der Waals surface area contributed by atoms with Gasteiger partial charge in [-0.1, -0.05) is 23.2 Å². The smallest absolute Gasteiger partial charge is 0.341 e. The fourth-order valence-corrected chi connectivity index (χ4v) is 4.57. The molecule has 10 heteroatoms. The zero-order chi connectivity index (χ0) is 21.0. The van der Waals surface area contributed by atoms with E-state index in [1.807, 2.05) is 0 Å². The first-order valence-electron chi connectivity index (χ1n) is 9.14. The molecule has 154 valence electrons. The van der Waals surface area contributed by atoms with Crippen molar-refractivity contribution in [3.63, 3.8) is 0 Å². The van der Waals surface area contributed by atoms with Gasteiger partial charge in [0.2, 0.25) is 6.23 Å². The summed E-state index contributed by atoms with van der Waals surface area (Å²) in [6.45, 7) is 0.584. The molecule has 0 unspecified atom stereocenters. The molecule has 1 atom stereocenters. The molecule has 1 aromatic carbocycles. The van der Waals surface area contributed by atoms with E-state index in [0.29, 0.717) is 45.2 Å². The quantitative estimate of drug-likeness (QED) is 0.587. The number of nitrogens with zero attached hydrogens (tertiary/aromatic N) is 2. The van der Waals surface area contributed by atoms with Gasteiger partial charge in [0, 0.05) is 23.9 Å². The van der Waals surface area contributed by atoms with Gasteiger partial charge < -0.3 is 19.1 Å². The molecule has 1 N–H and O–H groups in total. The molecule has 3 aromatic rings. The van der Waals surface area contributed by atoms with Crippen molar-refractivity contribution in [1.82, 2.24) is 9.55 Å². The maximum Gasteiger partial charge on any atom is 0.341 e. The molecular formula is C20H14Cl2N2O5S. The molecule has 1 saturated carbocycles. The highest BCUT2D eigenvalue weighted by molar-refractivity contribution is 7.10. The minimum absolute atomic E-state index is 0.245. The molecule has 0 spiro atoms. The third kappa shape index (κ3) is 3.34. The fraction of sp³-hybridized carbons (Fsp3) is 0.250. The number of aromatic nitrogens is 2. The van der Waals surface area contributed by atoms with E-state index in [1.54, 1.807) is 22.2 Å². The summed E-state index contributed by atoms with van der Waals surface area (Å²) in [5.41, 5.74) is 1.62. The van der Waals surface area contributed by atoms with E-state index in [-0.39, 0.29) is 10.7 Å². The number of carbonyl (C=O) groups is 1. The second-order valence-electron chi connectivity index (χ2n) is 7.16. The highest BCUT2D eigenvalue weighted by Crippen LogP contribution is 2.46. The van der Waals surface area contributed by atoms with Crippen molar-refractivity contribution in [2.75, 3.05) is 6.61 Å². The Kier molecular flexibility index (Phi) is 4.72. The van der Waals surface area contributed by atoms with Crippen LogP contribution in [0.15, 0.2) is 34.7 Å². The molecule has 7 nitrogen and oxygen atoms in total. The van der Waals surface area contributed by atoms with Crippen LogP contribution in [0.4, 0.5) is 0 Å². The number of carboxylic acid groups (broad SMARTS) is 1. The Morgan fingerprint density at radius 3 is 2.80 bits per heavy atom. The van der Waals surface area contributed by atoms with Gasteiger partial charge >= 0.3 is 5.97 Å². The maximum atomic E-state index is 12.4. The number of hydrogen-bond acceptors (Lipinski definition) is 6. The van der Waals surface area contributed by atoms with Gasteiger partial charge in [0.05, 0.1) is 22.8 Å². The Labute approximate surface area is 184 Å². The summed E-state index contributed by atoms with van der Waals surface area (Å²) in [6.07, 6.45) is 2.76. The lowest BCUT2D eigenvalue weighted by atomic mass is 10.1. The van der Waals surface area contributed by atoms with Crippen LogP contribution in [0, 0.1) is 5.92 Å². The minimum atomic E-state index is -1.32. The van der Waals surface area contributed by atoms with E-state index in [1.165, 1.54) is 23.6 Å². The Hall–Kier alpha value is -2.55. The molecule has 5 rings (SSSR count). The molecule has 2 aromatic heterocycles. The summed E-state index contributed by atoms with van der Waals surface area (Å²) in [5.74, 6) is 0.184. The predicted octanol–water partition coefficient (Wildman–Crippen LogP) is 4.70. The summed E-state index contributed by atoms with van der Waals surface area (Å²) in [7, 11) is 0. The lowest BCUT2D eigenvalue weighted by Crippen LogP contribution is -2.27. The number of aromatic carboxylic acids is 1. The van der Waals surface area contributed by atoms with Crippen molar-refractivity contribution in [2.24, 2.45) is 5.92 Å². The number of carboxylic acids is 1. The standard InChI is InChI=1S/C20H14Cl2N2O5S/c21-12-3-10-13-4-14(25)11(20(26)27)6-24(13)19(17-18(22)23-8-30-17)29-15(10)5-16(12)28-7-9-1-2-9/h3-6,8-9,19H,1-2,7H2,(H,26,27)/t19-/m0/s1.